The predicted molar refractivity (Wildman–Crippen MR) is 73.4 cm³/mol. The highest BCUT2D eigenvalue weighted by atomic mass is 16.5. The van der Waals surface area contributed by atoms with Crippen LogP contribution in [0.5, 0.6) is 0 Å². The van der Waals surface area contributed by atoms with Gasteiger partial charge in [0.2, 0.25) is 0 Å². The number of hydrogen-bond acceptors (Lipinski definition) is 3. The molecule has 1 saturated heterocycles. The van der Waals surface area contributed by atoms with Crippen molar-refractivity contribution in [3.63, 3.8) is 0 Å². The Bertz CT molecular complexity index is 195. The summed E-state index contributed by atoms with van der Waals surface area (Å²) in [6.07, 6.45) is 3.76. The number of likely N-dealkylation sites (tertiary alicyclic amines) is 1. The van der Waals surface area contributed by atoms with Gasteiger partial charge in [0.1, 0.15) is 0 Å². The quantitative estimate of drug-likeness (QED) is 0.705. The van der Waals surface area contributed by atoms with Gasteiger partial charge in [0.15, 0.2) is 0 Å². The highest BCUT2D eigenvalue weighted by molar-refractivity contribution is 4.81. The van der Waals surface area contributed by atoms with E-state index in [1.165, 1.54) is 32.4 Å². The van der Waals surface area contributed by atoms with Crippen molar-refractivity contribution in [3.05, 3.63) is 0 Å². The van der Waals surface area contributed by atoms with E-state index >= 15 is 0 Å². The molecular weight excluding hydrogens is 212 g/mol. The van der Waals surface area contributed by atoms with Crippen molar-refractivity contribution in [3.8, 4) is 0 Å². The van der Waals surface area contributed by atoms with Crippen molar-refractivity contribution in [2.24, 2.45) is 5.92 Å². The molecule has 17 heavy (non-hydrogen) atoms. The third kappa shape index (κ3) is 4.94. The Morgan fingerprint density at radius 1 is 1.35 bits per heavy atom. The monoisotopic (exact) mass is 242 g/mol. The lowest BCUT2D eigenvalue weighted by Crippen LogP contribution is -2.42. The minimum absolute atomic E-state index is 0.650. The third-order valence-corrected chi connectivity index (χ3v) is 4.03. The van der Waals surface area contributed by atoms with Crippen molar-refractivity contribution >= 4 is 0 Å². The van der Waals surface area contributed by atoms with E-state index in [2.05, 4.69) is 31.0 Å². The van der Waals surface area contributed by atoms with E-state index in [0.29, 0.717) is 12.1 Å². The van der Waals surface area contributed by atoms with E-state index in [-0.39, 0.29) is 0 Å². The van der Waals surface area contributed by atoms with Crippen LogP contribution in [0.15, 0.2) is 0 Å². The average molecular weight is 242 g/mol. The minimum Gasteiger partial charge on any atom is -0.384 e. The van der Waals surface area contributed by atoms with Gasteiger partial charge in [0.05, 0.1) is 6.61 Å². The molecule has 0 aromatic carbocycles. The molecule has 102 valence electrons. The second-order valence-electron chi connectivity index (χ2n) is 5.38. The Kier molecular flexibility index (Phi) is 7.09. The fourth-order valence-corrected chi connectivity index (χ4v) is 2.68. The Labute approximate surface area is 107 Å². The molecule has 1 rings (SSSR count). The van der Waals surface area contributed by atoms with Crippen molar-refractivity contribution < 1.29 is 4.74 Å². The normalized spacial score (nSPS) is 23.5. The fourth-order valence-electron chi connectivity index (χ4n) is 2.68. The third-order valence-electron chi connectivity index (χ3n) is 4.03. The van der Waals surface area contributed by atoms with Gasteiger partial charge in [0.25, 0.3) is 0 Å². The number of ether oxygens (including phenoxy) is 1. The molecule has 2 unspecified atom stereocenters. The zero-order valence-corrected chi connectivity index (χ0v) is 12.0. The number of nitrogens with one attached hydrogen (secondary N) is 1. The van der Waals surface area contributed by atoms with Gasteiger partial charge in [-0.1, -0.05) is 13.8 Å². The lowest BCUT2D eigenvalue weighted by Gasteiger charge is -2.26. The fraction of sp³-hybridized carbons (Fsp3) is 1.00. The molecule has 0 amide bonds. The van der Waals surface area contributed by atoms with Crippen LogP contribution in [0.4, 0.5) is 0 Å². The predicted octanol–water partition coefficient (Wildman–Crippen LogP) is 2.12. The summed E-state index contributed by atoms with van der Waals surface area (Å²) in [5.41, 5.74) is 0. The van der Waals surface area contributed by atoms with Crippen LogP contribution in [0.3, 0.4) is 0 Å². The molecule has 0 spiro atoms. The summed E-state index contributed by atoms with van der Waals surface area (Å²) in [7, 11) is 1.81. The Morgan fingerprint density at radius 2 is 2.06 bits per heavy atom. The maximum atomic E-state index is 5.24. The topological polar surface area (TPSA) is 24.5 Å². The maximum Gasteiger partial charge on any atom is 0.0503 e. The smallest absolute Gasteiger partial charge is 0.0503 e. The highest BCUT2D eigenvalue weighted by Crippen LogP contribution is 2.18. The van der Waals surface area contributed by atoms with Crippen molar-refractivity contribution in [1.29, 1.82) is 0 Å². The van der Waals surface area contributed by atoms with Gasteiger partial charge < -0.3 is 10.1 Å². The zero-order valence-electron chi connectivity index (χ0n) is 12.0. The molecule has 0 radical (unpaired) electrons. The van der Waals surface area contributed by atoms with E-state index in [1.807, 2.05) is 0 Å². The van der Waals surface area contributed by atoms with Crippen LogP contribution in [-0.2, 0) is 4.74 Å². The number of rotatable bonds is 8. The summed E-state index contributed by atoms with van der Waals surface area (Å²) in [4.78, 5) is 2.60. The molecule has 0 aromatic rings. The summed E-state index contributed by atoms with van der Waals surface area (Å²) >= 11 is 0. The van der Waals surface area contributed by atoms with E-state index < -0.39 is 0 Å². The van der Waals surface area contributed by atoms with Crippen LogP contribution in [0.1, 0.15) is 40.0 Å². The lowest BCUT2D eigenvalue weighted by atomic mass is 10.1. The lowest BCUT2D eigenvalue weighted by molar-refractivity contribution is 0.147. The first-order chi connectivity index (χ1) is 8.21. The van der Waals surface area contributed by atoms with Gasteiger partial charge in [-0.05, 0) is 38.6 Å². The first kappa shape index (κ1) is 14.9. The second kappa shape index (κ2) is 8.06. The molecule has 1 N–H and O–H groups in total. The molecule has 0 saturated carbocycles. The van der Waals surface area contributed by atoms with Crippen LogP contribution in [0.25, 0.3) is 0 Å². The molecule has 3 heteroatoms. The van der Waals surface area contributed by atoms with Crippen molar-refractivity contribution in [2.75, 3.05) is 33.4 Å². The molecular formula is C14H30N2O. The second-order valence-corrected chi connectivity index (χ2v) is 5.38. The molecule has 1 fully saturated rings. The SMILES string of the molecule is CCC(CC)NCC(C)N1CCC(COC)C1. The van der Waals surface area contributed by atoms with Crippen molar-refractivity contribution in [2.45, 2.75) is 52.1 Å². The van der Waals surface area contributed by atoms with Gasteiger partial charge in [-0.2, -0.15) is 0 Å². The molecule has 3 nitrogen and oxygen atoms in total. The molecule has 0 aromatic heterocycles. The summed E-state index contributed by atoms with van der Waals surface area (Å²) in [6, 6.07) is 1.34. The van der Waals surface area contributed by atoms with Crippen LogP contribution in [0, 0.1) is 5.92 Å². The minimum atomic E-state index is 0.650. The maximum absolute atomic E-state index is 5.24. The van der Waals surface area contributed by atoms with Crippen LogP contribution in [-0.4, -0.2) is 50.3 Å². The number of hydrogen-bond donors (Lipinski definition) is 1. The van der Waals surface area contributed by atoms with Gasteiger partial charge in [-0.15, -0.1) is 0 Å². The van der Waals surface area contributed by atoms with Gasteiger partial charge in [-0.25, -0.2) is 0 Å². The molecule has 2 atom stereocenters. The summed E-state index contributed by atoms with van der Waals surface area (Å²) in [5.74, 6) is 0.746. The number of methoxy groups -OCH3 is 1. The van der Waals surface area contributed by atoms with E-state index in [4.69, 9.17) is 4.74 Å². The standard InChI is InChI=1S/C14H30N2O/c1-5-14(6-2)15-9-12(3)16-8-7-13(10-16)11-17-4/h12-15H,5-11H2,1-4H3. The molecule has 1 heterocycles. The summed E-state index contributed by atoms with van der Waals surface area (Å²) in [5, 5.41) is 3.67. The molecule has 0 bridgehead atoms. The summed E-state index contributed by atoms with van der Waals surface area (Å²) < 4.78 is 5.24. The van der Waals surface area contributed by atoms with E-state index in [0.717, 1.165) is 19.1 Å². The van der Waals surface area contributed by atoms with Gasteiger partial charge in [-0.3, -0.25) is 4.90 Å². The molecule has 0 aliphatic carbocycles. The largest absolute Gasteiger partial charge is 0.384 e. The highest BCUT2D eigenvalue weighted by Gasteiger charge is 2.25. The summed E-state index contributed by atoms with van der Waals surface area (Å²) in [6.45, 7) is 11.3. The van der Waals surface area contributed by atoms with Gasteiger partial charge in [0, 0.05) is 32.3 Å². The first-order valence-electron chi connectivity index (χ1n) is 7.17. The molecule has 1 aliphatic heterocycles. The van der Waals surface area contributed by atoms with Crippen LogP contribution >= 0.6 is 0 Å². The Morgan fingerprint density at radius 3 is 2.65 bits per heavy atom. The van der Waals surface area contributed by atoms with Gasteiger partial charge >= 0.3 is 0 Å². The number of nitrogens with zero attached hydrogens (tertiary/aromatic N) is 1. The van der Waals surface area contributed by atoms with Crippen LogP contribution < -0.4 is 5.32 Å². The van der Waals surface area contributed by atoms with Crippen molar-refractivity contribution in [1.82, 2.24) is 10.2 Å². The first-order valence-corrected chi connectivity index (χ1v) is 7.17. The Hall–Kier alpha value is -0.120. The Balaban J connectivity index is 2.22. The zero-order chi connectivity index (χ0) is 12.7. The molecule has 1 aliphatic rings. The average Bonchev–Trinajstić information content (AvgIpc) is 2.79. The van der Waals surface area contributed by atoms with Crippen LogP contribution in [0.2, 0.25) is 0 Å². The van der Waals surface area contributed by atoms with E-state index in [1.54, 1.807) is 7.11 Å². The van der Waals surface area contributed by atoms with E-state index in [9.17, 15) is 0 Å².